The molecule has 0 unspecified atom stereocenters. The van der Waals surface area contributed by atoms with Crippen LogP contribution in [-0.4, -0.2) is 10.5 Å². The van der Waals surface area contributed by atoms with Gasteiger partial charge in [-0.05, 0) is 56.9 Å². The zero-order chi connectivity index (χ0) is 13.3. The predicted octanol–water partition coefficient (Wildman–Crippen LogP) is -0.899. The summed E-state index contributed by atoms with van der Waals surface area (Å²) in [5.41, 5.74) is 4.95. The Morgan fingerprint density at radius 2 is 1.95 bits per heavy atom. The average Bonchev–Trinajstić information content (AvgIpc) is 2.62. The molecule has 0 spiro atoms. The second-order valence-electron chi connectivity index (χ2n) is 4.85. The number of aliphatic carboxylic acids is 1. The van der Waals surface area contributed by atoms with Gasteiger partial charge < -0.3 is 14.5 Å². The van der Waals surface area contributed by atoms with E-state index in [0.29, 0.717) is 6.42 Å². The molecule has 0 bridgehead atoms. The van der Waals surface area contributed by atoms with Crippen LogP contribution in [0.3, 0.4) is 0 Å². The van der Waals surface area contributed by atoms with Crippen LogP contribution in [0.25, 0.3) is 10.9 Å². The van der Waals surface area contributed by atoms with Crippen LogP contribution in [0.15, 0.2) is 18.2 Å². The Hall–Kier alpha value is -0.770. The van der Waals surface area contributed by atoms with Crippen LogP contribution < -0.4 is 34.7 Å². The number of benzene rings is 1. The van der Waals surface area contributed by atoms with Crippen molar-refractivity contribution in [3.63, 3.8) is 0 Å². The SMILES string of the molecule is Cc1ccc2c(cc(C)n2CCCC(=O)[O-])c1C.[Na+]. The zero-order valence-electron chi connectivity index (χ0n) is 12.1. The van der Waals surface area contributed by atoms with Crippen LogP contribution >= 0.6 is 0 Å². The molecule has 96 valence electrons. The Morgan fingerprint density at radius 3 is 2.58 bits per heavy atom. The van der Waals surface area contributed by atoms with Crippen LogP contribution in [0, 0.1) is 20.8 Å². The molecule has 1 aromatic carbocycles. The molecule has 2 aromatic rings. The summed E-state index contributed by atoms with van der Waals surface area (Å²) >= 11 is 0. The van der Waals surface area contributed by atoms with Gasteiger partial charge in [-0.15, -0.1) is 0 Å². The molecular weight excluding hydrogens is 249 g/mol. The summed E-state index contributed by atoms with van der Waals surface area (Å²) in [4.78, 5) is 10.5. The summed E-state index contributed by atoms with van der Waals surface area (Å²) in [7, 11) is 0. The van der Waals surface area contributed by atoms with Crippen LogP contribution in [0.1, 0.15) is 29.7 Å². The minimum absolute atomic E-state index is 0. The molecule has 0 saturated carbocycles. The predicted molar refractivity (Wildman–Crippen MR) is 70.4 cm³/mol. The van der Waals surface area contributed by atoms with Crippen molar-refractivity contribution in [1.29, 1.82) is 0 Å². The number of carbonyl (C=O) groups is 1. The average molecular weight is 267 g/mol. The van der Waals surface area contributed by atoms with Crippen LogP contribution in [-0.2, 0) is 11.3 Å². The Kier molecular flexibility index (Phi) is 5.65. The van der Waals surface area contributed by atoms with Crippen LogP contribution in [0.4, 0.5) is 0 Å². The van der Waals surface area contributed by atoms with Gasteiger partial charge in [0.15, 0.2) is 0 Å². The van der Waals surface area contributed by atoms with Crippen molar-refractivity contribution in [3.8, 4) is 0 Å². The van der Waals surface area contributed by atoms with Crippen LogP contribution in [0.5, 0.6) is 0 Å². The maximum atomic E-state index is 10.5. The van der Waals surface area contributed by atoms with Crippen molar-refractivity contribution in [2.24, 2.45) is 0 Å². The molecule has 0 N–H and O–H groups in total. The van der Waals surface area contributed by atoms with E-state index < -0.39 is 5.97 Å². The number of rotatable bonds is 4. The van der Waals surface area contributed by atoms with Gasteiger partial charge in [-0.2, -0.15) is 0 Å². The number of aryl methyl sites for hydroxylation is 4. The fraction of sp³-hybridized carbons (Fsp3) is 0.400. The monoisotopic (exact) mass is 267 g/mol. The number of nitrogens with zero attached hydrogens (tertiary/aromatic N) is 1. The second kappa shape index (κ2) is 6.60. The third-order valence-corrected chi connectivity index (χ3v) is 3.60. The number of aromatic nitrogens is 1. The van der Waals surface area contributed by atoms with Gasteiger partial charge in [-0.1, -0.05) is 6.07 Å². The van der Waals surface area contributed by atoms with Crippen molar-refractivity contribution in [3.05, 3.63) is 35.0 Å². The molecule has 0 fully saturated rings. The van der Waals surface area contributed by atoms with Crippen molar-refractivity contribution in [2.75, 3.05) is 0 Å². The van der Waals surface area contributed by atoms with E-state index >= 15 is 0 Å². The van der Waals surface area contributed by atoms with Crippen LogP contribution in [0.2, 0.25) is 0 Å². The molecule has 0 aliphatic rings. The fourth-order valence-corrected chi connectivity index (χ4v) is 2.40. The van der Waals surface area contributed by atoms with E-state index in [1.54, 1.807) is 0 Å². The van der Waals surface area contributed by atoms with E-state index in [-0.39, 0.29) is 36.0 Å². The molecule has 3 nitrogen and oxygen atoms in total. The molecule has 1 aromatic heterocycles. The molecule has 0 atom stereocenters. The van der Waals surface area contributed by atoms with Gasteiger partial charge in [0, 0.05) is 29.1 Å². The van der Waals surface area contributed by atoms with Gasteiger partial charge >= 0.3 is 29.6 Å². The van der Waals surface area contributed by atoms with Crippen molar-refractivity contribution < 1.29 is 39.5 Å². The molecule has 0 radical (unpaired) electrons. The number of carboxylic acids is 1. The van der Waals surface area contributed by atoms with Gasteiger partial charge in [0.25, 0.3) is 0 Å². The second-order valence-corrected chi connectivity index (χ2v) is 4.85. The van der Waals surface area contributed by atoms with Crippen molar-refractivity contribution >= 4 is 16.9 Å². The minimum Gasteiger partial charge on any atom is -0.550 e. The van der Waals surface area contributed by atoms with E-state index in [2.05, 4.69) is 43.5 Å². The van der Waals surface area contributed by atoms with Crippen molar-refractivity contribution in [2.45, 2.75) is 40.2 Å². The quantitative estimate of drug-likeness (QED) is 0.674. The molecule has 2 rings (SSSR count). The molecule has 19 heavy (non-hydrogen) atoms. The van der Waals surface area contributed by atoms with Gasteiger partial charge in [0.2, 0.25) is 0 Å². The summed E-state index contributed by atoms with van der Waals surface area (Å²) in [5.74, 6) is -0.976. The first-order chi connectivity index (χ1) is 8.50. The molecular formula is C15H18NNaO2. The third kappa shape index (κ3) is 3.41. The number of hydrogen-bond donors (Lipinski definition) is 0. The zero-order valence-corrected chi connectivity index (χ0v) is 14.1. The molecule has 1 heterocycles. The fourth-order valence-electron chi connectivity index (χ4n) is 2.40. The minimum atomic E-state index is -0.976. The van der Waals surface area contributed by atoms with Crippen molar-refractivity contribution in [1.82, 2.24) is 4.57 Å². The molecule has 0 amide bonds. The number of fused-ring (bicyclic) bond motifs is 1. The molecule has 4 heteroatoms. The van der Waals surface area contributed by atoms with E-state index in [9.17, 15) is 9.90 Å². The van der Waals surface area contributed by atoms with E-state index in [1.165, 1.54) is 27.7 Å². The Bertz CT molecular complexity index is 602. The summed E-state index contributed by atoms with van der Waals surface area (Å²) in [5, 5.41) is 11.7. The van der Waals surface area contributed by atoms with Gasteiger partial charge in [0.05, 0.1) is 0 Å². The molecule has 0 aliphatic carbocycles. The van der Waals surface area contributed by atoms with Gasteiger partial charge in [0.1, 0.15) is 0 Å². The maximum Gasteiger partial charge on any atom is 1.00 e. The largest absolute Gasteiger partial charge is 1.00 e. The van der Waals surface area contributed by atoms with E-state index in [1.807, 2.05) is 0 Å². The first-order valence-electron chi connectivity index (χ1n) is 6.26. The summed E-state index contributed by atoms with van der Waals surface area (Å²) < 4.78 is 2.19. The summed E-state index contributed by atoms with van der Waals surface area (Å²) in [6, 6.07) is 6.41. The Morgan fingerprint density at radius 1 is 1.26 bits per heavy atom. The first-order valence-corrected chi connectivity index (χ1v) is 6.26. The normalized spacial score (nSPS) is 10.5. The Balaban J connectivity index is 0.00000180. The van der Waals surface area contributed by atoms with Gasteiger partial charge in [-0.25, -0.2) is 0 Å². The summed E-state index contributed by atoms with van der Waals surface area (Å²) in [6.07, 6.45) is 0.726. The molecule has 0 aliphatic heterocycles. The molecule has 0 saturated heterocycles. The third-order valence-electron chi connectivity index (χ3n) is 3.60. The Labute approximate surface area is 135 Å². The smallest absolute Gasteiger partial charge is 0.550 e. The number of carbonyl (C=O) groups excluding carboxylic acids is 1. The maximum absolute atomic E-state index is 10.5. The summed E-state index contributed by atoms with van der Waals surface area (Å²) in [6.45, 7) is 7.03. The number of carboxylic acid groups (broad SMARTS) is 1. The van der Waals surface area contributed by atoms with E-state index in [4.69, 9.17) is 0 Å². The number of hydrogen-bond acceptors (Lipinski definition) is 2. The topological polar surface area (TPSA) is 45.1 Å². The van der Waals surface area contributed by atoms with Gasteiger partial charge in [-0.3, -0.25) is 0 Å². The first kappa shape index (κ1) is 16.3. The van der Waals surface area contributed by atoms with E-state index in [0.717, 1.165) is 6.54 Å². The standard InChI is InChI=1S/C15H19NO2.Na/c1-10-6-7-14-13(12(10)3)9-11(2)16(14)8-4-5-15(17)18;/h6-7,9H,4-5,8H2,1-3H3,(H,17,18);/q;+1/p-1.